The minimum Gasteiger partial charge on any atom is -0.466 e. The highest BCUT2D eigenvalue weighted by Crippen LogP contribution is 2.27. The van der Waals surface area contributed by atoms with Crippen LogP contribution in [0.5, 0.6) is 0 Å². The van der Waals surface area contributed by atoms with Gasteiger partial charge in [-0.15, -0.1) is 0 Å². The molecule has 2 rings (SSSR count). The smallest absolute Gasteiger partial charge is 0.407 e. The van der Waals surface area contributed by atoms with E-state index in [0.29, 0.717) is 35.5 Å². The summed E-state index contributed by atoms with van der Waals surface area (Å²) in [7, 11) is 3.77. The number of esters is 1. The van der Waals surface area contributed by atoms with Gasteiger partial charge in [0, 0.05) is 23.2 Å². The van der Waals surface area contributed by atoms with Gasteiger partial charge in [-0.1, -0.05) is 35.9 Å². The fourth-order valence-corrected chi connectivity index (χ4v) is 3.95. The standard InChI is InChI=1S/C27H36ClFN2O4/c1-7-34-25(32)20(17-31(5)6)15-22(30-26(33)35-27(2,3)4)14-18-8-10-19(11-9-18)23-16-21(28)12-13-24(23)29/h8-13,16,20,22H,7,14-15,17H2,1-6H3,(H,30,33). The van der Waals surface area contributed by atoms with Crippen LogP contribution in [0.4, 0.5) is 9.18 Å². The molecule has 2 atom stereocenters. The first-order valence-corrected chi connectivity index (χ1v) is 12.1. The molecule has 0 fully saturated rings. The molecule has 2 unspecified atom stereocenters. The van der Waals surface area contributed by atoms with E-state index in [1.807, 2.05) is 43.3 Å². The van der Waals surface area contributed by atoms with E-state index in [0.717, 1.165) is 5.56 Å². The number of amides is 1. The number of nitrogens with one attached hydrogen (secondary N) is 1. The van der Waals surface area contributed by atoms with Crippen LogP contribution >= 0.6 is 11.6 Å². The third-order valence-electron chi connectivity index (χ3n) is 5.17. The Kier molecular flexibility index (Phi) is 10.5. The summed E-state index contributed by atoms with van der Waals surface area (Å²) in [4.78, 5) is 27.1. The second-order valence-corrected chi connectivity index (χ2v) is 10.3. The molecular weight excluding hydrogens is 471 g/mol. The molecule has 192 valence electrons. The summed E-state index contributed by atoms with van der Waals surface area (Å²) in [5.41, 5.74) is 1.38. The van der Waals surface area contributed by atoms with Crippen molar-refractivity contribution in [1.82, 2.24) is 10.2 Å². The van der Waals surface area contributed by atoms with Crippen molar-refractivity contribution in [2.75, 3.05) is 27.2 Å². The van der Waals surface area contributed by atoms with Gasteiger partial charge in [0.15, 0.2) is 0 Å². The predicted molar refractivity (Wildman–Crippen MR) is 137 cm³/mol. The maximum Gasteiger partial charge on any atom is 0.407 e. The Morgan fingerprint density at radius 2 is 1.77 bits per heavy atom. The summed E-state index contributed by atoms with van der Waals surface area (Å²) >= 11 is 6.03. The summed E-state index contributed by atoms with van der Waals surface area (Å²) in [5, 5.41) is 3.38. The highest BCUT2D eigenvalue weighted by molar-refractivity contribution is 6.30. The van der Waals surface area contributed by atoms with E-state index >= 15 is 0 Å². The summed E-state index contributed by atoms with van der Waals surface area (Å²) < 4.78 is 25.0. The van der Waals surface area contributed by atoms with Gasteiger partial charge in [-0.2, -0.15) is 0 Å². The lowest BCUT2D eigenvalue weighted by Crippen LogP contribution is -2.43. The van der Waals surface area contributed by atoms with Crippen molar-refractivity contribution in [3.05, 3.63) is 58.9 Å². The van der Waals surface area contributed by atoms with Crippen LogP contribution in [0.15, 0.2) is 42.5 Å². The number of alkyl carbamates (subject to hydrolysis) is 1. The lowest BCUT2D eigenvalue weighted by molar-refractivity contribution is -0.149. The molecular formula is C27H36ClFN2O4. The van der Waals surface area contributed by atoms with Gasteiger partial charge in [-0.05, 0) is 84.0 Å². The molecule has 0 radical (unpaired) electrons. The van der Waals surface area contributed by atoms with Gasteiger partial charge in [-0.25, -0.2) is 9.18 Å². The number of ether oxygens (including phenoxy) is 2. The highest BCUT2D eigenvalue weighted by Gasteiger charge is 2.27. The molecule has 35 heavy (non-hydrogen) atoms. The zero-order chi connectivity index (χ0) is 26.2. The van der Waals surface area contributed by atoms with Crippen molar-refractivity contribution in [3.8, 4) is 11.1 Å². The summed E-state index contributed by atoms with van der Waals surface area (Å²) in [6, 6.07) is 11.4. The van der Waals surface area contributed by atoms with Crippen molar-refractivity contribution >= 4 is 23.7 Å². The summed E-state index contributed by atoms with van der Waals surface area (Å²) in [5.74, 6) is -1.08. The van der Waals surface area contributed by atoms with E-state index in [1.165, 1.54) is 12.1 Å². The number of benzene rings is 2. The number of halogens is 2. The second-order valence-electron chi connectivity index (χ2n) is 9.82. The van der Waals surface area contributed by atoms with E-state index in [1.54, 1.807) is 33.8 Å². The molecule has 0 aliphatic rings. The zero-order valence-electron chi connectivity index (χ0n) is 21.4. The Labute approximate surface area is 212 Å². The molecule has 0 aliphatic heterocycles. The Balaban J connectivity index is 2.25. The van der Waals surface area contributed by atoms with Gasteiger partial charge in [-0.3, -0.25) is 4.79 Å². The van der Waals surface area contributed by atoms with Crippen LogP contribution in [0, 0.1) is 11.7 Å². The third-order valence-corrected chi connectivity index (χ3v) is 5.41. The molecule has 1 N–H and O–H groups in total. The van der Waals surface area contributed by atoms with Crippen LogP contribution in [-0.4, -0.2) is 55.9 Å². The van der Waals surface area contributed by atoms with Gasteiger partial charge < -0.3 is 19.7 Å². The molecule has 1 amide bonds. The monoisotopic (exact) mass is 506 g/mol. The molecule has 2 aromatic rings. The number of hydrogen-bond acceptors (Lipinski definition) is 5. The molecule has 8 heteroatoms. The first-order valence-electron chi connectivity index (χ1n) is 11.7. The lowest BCUT2D eigenvalue weighted by atomic mass is 9.93. The zero-order valence-corrected chi connectivity index (χ0v) is 22.1. The van der Waals surface area contributed by atoms with Crippen LogP contribution in [0.25, 0.3) is 11.1 Å². The minimum absolute atomic E-state index is 0.286. The van der Waals surface area contributed by atoms with E-state index in [4.69, 9.17) is 21.1 Å². The fraction of sp³-hybridized carbons (Fsp3) is 0.481. The first-order chi connectivity index (χ1) is 16.4. The van der Waals surface area contributed by atoms with Crippen LogP contribution in [0.3, 0.4) is 0 Å². The van der Waals surface area contributed by atoms with Crippen molar-refractivity contribution < 1.29 is 23.5 Å². The number of carbonyl (C=O) groups excluding carboxylic acids is 2. The van der Waals surface area contributed by atoms with E-state index in [9.17, 15) is 14.0 Å². The second kappa shape index (κ2) is 12.9. The van der Waals surface area contributed by atoms with Crippen LogP contribution in [-0.2, 0) is 20.7 Å². The minimum atomic E-state index is -0.651. The largest absolute Gasteiger partial charge is 0.466 e. The van der Waals surface area contributed by atoms with Crippen molar-refractivity contribution in [2.45, 2.75) is 52.2 Å². The van der Waals surface area contributed by atoms with Crippen LogP contribution < -0.4 is 5.32 Å². The van der Waals surface area contributed by atoms with E-state index in [2.05, 4.69) is 5.32 Å². The van der Waals surface area contributed by atoms with E-state index in [-0.39, 0.29) is 24.4 Å². The molecule has 0 saturated heterocycles. The number of hydrogen-bond donors (Lipinski definition) is 1. The van der Waals surface area contributed by atoms with Gasteiger partial charge in [0.1, 0.15) is 11.4 Å². The quantitative estimate of drug-likeness (QED) is 0.418. The fourth-order valence-electron chi connectivity index (χ4n) is 3.78. The third kappa shape index (κ3) is 9.86. The van der Waals surface area contributed by atoms with Crippen LogP contribution in [0.1, 0.15) is 39.7 Å². The predicted octanol–water partition coefficient (Wildman–Crippen LogP) is 5.71. The van der Waals surface area contributed by atoms with Gasteiger partial charge in [0.2, 0.25) is 0 Å². The Morgan fingerprint density at radius 3 is 2.34 bits per heavy atom. The SMILES string of the molecule is CCOC(=O)C(CC(Cc1ccc(-c2cc(Cl)ccc2F)cc1)NC(=O)OC(C)(C)C)CN(C)C. The molecule has 0 spiro atoms. The molecule has 0 heterocycles. The van der Waals surface area contributed by atoms with Crippen molar-refractivity contribution in [3.63, 3.8) is 0 Å². The van der Waals surface area contributed by atoms with Crippen LogP contribution in [0.2, 0.25) is 5.02 Å². The number of nitrogens with zero attached hydrogens (tertiary/aromatic N) is 1. The number of carbonyl (C=O) groups is 2. The molecule has 0 bridgehead atoms. The van der Waals surface area contributed by atoms with Crippen molar-refractivity contribution in [2.24, 2.45) is 5.92 Å². The maximum atomic E-state index is 14.3. The summed E-state index contributed by atoms with van der Waals surface area (Å²) in [6.45, 7) is 7.92. The topological polar surface area (TPSA) is 67.9 Å². The highest BCUT2D eigenvalue weighted by atomic mass is 35.5. The maximum absolute atomic E-state index is 14.3. The van der Waals surface area contributed by atoms with Gasteiger partial charge in [0.25, 0.3) is 0 Å². The van der Waals surface area contributed by atoms with Gasteiger partial charge in [0.05, 0.1) is 12.5 Å². The molecule has 0 aliphatic carbocycles. The molecule has 0 aromatic heterocycles. The summed E-state index contributed by atoms with van der Waals surface area (Å²) in [6.07, 6.45) is 0.287. The Morgan fingerprint density at radius 1 is 1.11 bits per heavy atom. The Bertz CT molecular complexity index is 990. The normalized spacial score (nSPS) is 13.3. The first kappa shape index (κ1) is 28.6. The average Bonchev–Trinajstić information content (AvgIpc) is 2.74. The molecule has 0 saturated carbocycles. The lowest BCUT2D eigenvalue weighted by Gasteiger charge is -2.27. The molecule has 6 nitrogen and oxygen atoms in total. The van der Waals surface area contributed by atoms with Gasteiger partial charge >= 0.3 is 12.1 Å². The molecule has 2 aromatic carbocycles. The Hall–Kier alpha value is -2.64. The van der Waals surface area contributed by atoms with Crippen molar-refractivity contribution in [1.29, 1.82) is 0 Å². The number of rotatable bonds is 10. The average molecular weight is 507 g/mol. The van der Waals surface area contributed by atoms with E-state index < -0.39 is 17.6 Å².